The average molecular weight is 242 g/mol. The van der Waals surface area contributed by atoms with Gasteiger partial charge in [-0.15, -0.1) is 0 Å². The molecule has 0 spiro atoms. The second-order valence-electron chi connectivity index (χ2n) is 3.93. The van der Waals surface area contributed by atoms with Crippen molar-refractivity contribution in [1.82, 2.24) is 4.90 Å². The van der Waals surface area contributed by atoms with Crippen LogP contribution in [0.3, 0.4) is 0 Å². The number of nitrogens with zero attached hydrogens (tertiary/aromatic N) is 1. The number of hydrogen-bond acceptors (Lipinski definition) is 3. The molecule has 2 N–H and O–H groups in total. The molecule has 16 heavy (non-hydrogen) atoms. The van der Waals surface area contributed by atoms with Gasteiger partial charge in [-0.25, -0.2) is 0 Å². The summed E-state index contributed by atoms with van der Waals surface area (Å²) in [6.45, 7) is 2.37. The number of halogens is 3. The van der Waals surface area contributed by atoms with Crippen LogP contribution >= 0.6 is 0 Å². The van der Waals surface area contributed by atoms with Gasteiger partial charge in [0, 0.05) is 19.2 Å². The second kappa shape index (κ2) is 7.86. The summed E-state index contributed by atoms with van der Waals surface area (Å²) >= 11 is 0. The van der Waals surface area contributed by atoms with E-state index in [1.807, 2.05) is 14.0 Å². The number of rotatable bonds is 8. The molecule has 0 aliphatic rings. The molecule has 0 heterocycles. The molecule has 0 radical (unpaired) electrons. The van der Waals surface area contributed by atoms with Crippen LogP contribution in [0.4, 0.5) is 13.2 Å². The molecule has 1 atom stereocenters. The summed E-state index contributed by atoms with van der Waals surface area (Å²) in [4.78, 5) is 2.07. The van der Waals surface area contributed by atoms with Gasteiger partial charge in [-0.1, -0.05) is 0 Å². The third-order valence-electron chi connectivity index (χ3n) is 2.40. The molecule has 0 aromatic rings. The van der Waals surface area contributed by atoms with Gasteiger partial charge in [0.15, 0.2) is 0 Å². The van der Waals surface area contributed by atoms with Gasteiger partial charge in [-0.3, -0.25) is 0 Å². The summed E-state index contributed by atoms with van der Waals surface area (Å²) in [5.41, 5.74) is 5.42. The second-order valence-corrected chi connectivity index (χ2v) is 3.93. The highest BCUT2D eigenvalue weighted by atomic mass is 19.4. The first-order chi connectivity index (χ1) is 7.37. The Kier molecular flexibility index (Phi) is 7.70. The van der Waals surface area contributed by atoms with E-state index >= 15 is 0 Å². The number of hydrogen-bond donors (Lipinski definition) is 1. The van der Waals surface area contributed by atoms with Gasteiger partial charge in [-0.05, 0) is 33.4 Å². The Balaban J connectivity index is 3.44. The SMILES string of the molecule is CC(CCN)N(C)CCCOCC(F)(F)F. The standard InChI is InChI=1S/C10H21F3N2O/c1-9(4-5-14)15(2)6-3-7-16-8-10(11,12)13/h9H,3-8,14H2,1-2H3. The lowest BCUT2D eigenvalue weighted by molar-refractivity contribution is -0.174. The van der Waals surface area contributed by atoms with Crippen LogP contribution in [0.25, 0.3) is 0 Å². The van der Waals surface area contributed by atoms with Crippen LogP contribution in [0, 0.1) is 0 Å². The zero-order valence-corrected chi connectivity index (χ0v) is 9.89. The molecule has 0 aliphatic heterocycles. The summed E-state index contributed by atoms with van der Waals surface area (Å²) < 4.78 is 39.7. The minimum Gasteiger partial charge on any atom is -0.372 e. The first-order valence-corrected chi connectivity index (χ1v) is 5.41. The van der Waals surface area contributed by atoms with E-state index in [1.165, 1.54) is 0 Å². The van der Waals surface area contributed by atoms with Crippen molar-refractivity contribution in [2.75, 3.05) is 33.4 Å². The molecule has 0 saturated heterocycles. The van der Waals surface area contributed by atoms with Crippen LogP contribution in [0.15, 0.2) is 0 Å². The van der Waals surface area contributed by atoms with Crippen LogP contribution in [-0.4, -0.2) is 50.5 Å². The van der Waals surface area contributed by atoms with Gasteiger partial charge >= 0.3 is 6.18 Å². The zero-order valence-electron chi connectivity index (χ0n) is 9.89. The van der Waals surface area contributed by atoms with Crippen LogP contribution in [-0.2, 0) is 4.74 Å². The maximum Gasteiger partial charge on any atom is 0.411 e. The Morgan fingerprint density at radius 2 is 2.00 bits per heavy atom. The number of ether oxygens (including phenoxy) is 1. The topological polar surface area (TPSA) is 38.5 Å². The largest absolute Gasteiger partial charge is 0.411 e. The minimum atomic E-state index is -4.22. The van der Waals surface area contributed by atoms with Crippen LogP contribution in [0.5, 0.6) is 0 Å². The van der Waals surface area contributed by atoms with Crippen molar-refractivity contribution in [2.24, 2.45) is 5.73 Å². The lowest BCUT2D eigenvalue weighted by Gasteiger charge is -2.24. The van der Waals surface area contributed by atoms with Crippen LogP contribution in [0.1, 0.15) is 19.8 Å². The predicted molar refractivity (Wildman–Crippen MR) is 57.3 cm³/mol. The van der Waals surface area contributed by atoms with Gasteiger partial charge in [0.2, 0.25) is 0 Å². The quantitative estimate of drug-likeness (QED) is 0.657. The third-order valence-corrected chi connectivity index (χ3v) is 2.40. The average Bonchev–Trinajstić information content (AvgIpc) is 2.15. The number of nitrogens with two attached hydrogens (primary N) is 1. The smallest absolute Gasteiger partial charge is 0.372 e. The molecule has 0 aromatic carbocycles. The highest BCUT2D eigenvalue weighted by molar-refractivity contribution is 4.63. The first kappa shape index (κ1) is 15.7. The van der Waals surface area contributed by atoms with Crippen molar-refractivity contribution >= 4 is 0 Å². The fourth-order valence-corrected chi connectivity index (χ4v) is 1.29. The van der Waals surface area contributed by atoms with Crippen molar-refractivity contribution in [3.63, 3.8) is 0 Å². The molecule has 0 aromatic heterocycles. The Hall–Kier alpha value is -0.330. The highest BCUT2D eigenvalue weighted by Crippen LogP contribution is 2.14. The maximum absolute atomic E-state index is 11.7. The van der Waals surface area contributed by atoms with E-state index in [0.717, 1.165) is 13.0 Å². The summed E-state index contributed by atoms with van der Waals surface area (Å²) in [6.07, 6.45) is -2.74. The molecule has 1 unspecified atom stereocenters. The van der Waals surface area contributed by atoms with E-state index in [4.69, 9.17) is 5.73 Å². The summed E-state index contributed by atoms with van der Waals surface area (Å²) in [5, 5.41) is 0. The molecular formula is C10H21F3N2O. The lowest BCUT2D eigenvalue weighted by atomic mass is 10.2. The molecule has 3 nitrogen and oxygen atoms in total. The molecule has 0 fully saturated rings. The van der Waals surface area contributed by atoms with Gasteiger partial charge in [-0.2, -0.15) is 13.2 Å². The van der Waals surface area contributed by atoms with E-state index in [-0.39, 0.29) is 6.61 Å². The fourth-order valence-electron chi connectivity index (χ4n) is 1.29. The Bertz CT molecular complexity index is 176. The van der Waals surface area contributed by atoms with E-state index in [2.05, 4.69) is 9.64 Å². The van der Waals surface area contributed by atoms with E-state index in [0.29, 0.717) is 19.0 Å². The minimum absolute atomic E-state index is 0.138. The van der Waals surface area contributed by atoms with Gasteiger partial charge in [0.1, 0.15) is 6.61 Å². The van der Waals surface area contributed by atoms with E-state index in [9.17, 15) is 13.2 Å². The predicted octanol–water partition coefficient (Wildman–Crippen LogP) is 1.62. The molecule has 0 bridgehead atoms. The maximum atomic E-state index is 11.7. The molecule has 0 rings (SSSR count). The number of alkyl halides is 3. The van der Waals surface area contributed by atoms with Crippen molar-refractivity contribution in [3.8, 4) is 0 Å². The van der Waals surface area contributed by atoms with Gasteiger partial charge < -0.3 is 15.4 Å². The normalized spacial score (nSPS) is 14.4. The van der Waals surface area contributed by atoms with Gasteiger partial charge in [0.05, 0.1) is 0 Å². The first-order valence-electron chi connectivity index (χ1n) is 5.41. The molecule has 98 valence electrons. The van der Waals surface area contributed by atoms with Crippen molar-refractivity contribution < 1.29 is 17.9 Å². The van der Waals surface area contributed by atoms with Crippen LogP contribution in [0.2, 0.25) is 0 Å². The third kappa shape index (κ3) is 8.94. The summed E-state index contributed by atoms with van der Waals surface area (Å²) in [6, 6.07) is 0.354. The van der Waals surface area contributed by atoms with Crippen LogP contribution < -0.4 is 5.73 Å². The molecule has 6 heteroatoms. The Morgan fingerprint density at radius 1 is 1.38 bits per heavy atom. The van der Waals surface area contributed by atoms with Crippen molar-refractivity contribution in [2.45, 2.75) is 32.0 Å². The Morgan fingerprint density at radius 3 is 2.50 bits per heavy atom. The lowest BCUT2D eigenvalue weighted by Crippen LogP contribution is -2.32. The Labute approximate surface area is 94.7 Å². The summed E-state index contributed by atoms with van der Waals surface area (Å²) in [5.74, 6) is 0. The molecular weight excluding hydrogens is 221 g/mol. The molecule has 0 saturated carbocycles. The molecule has 0 amide bonds. The zero-order chi connectivity index (χ0) is 12.6. The fraction of sp³-hybridized carbons (Fsp3) is 1.00. The summed E-state index contributed by atoms with van der Waals surface area (Å²) in [7, 11) is 1.93. The van der Waals surface area contributed by atoms with E-state index < -0.39 is 12.8 Å². The van der Waals surface area contributed by atoms with Crippen molar-refractivity contribution in [1.29, 1.82) is 0 Å². The molecule has 0 aliphatic carbocycles. The van der Waals surface area contributed by atoms with Crippen molar-refractivity contribution in [3.05, 3.63) is 0 Å². The van der Waals surface area contributed by atoms with Gasteiger partial charge in [0.25, 0.3) is 0 Å². The van der Waals surface area contributed by atoms with E-state index in [1.54, 1.807) is 0 Å². The monoisotopic (exact) mass is 242 g/mol. The highest BCUT2D eigenvalue weighted by Gasteiger charge is 2.27.